The minimum atomic E-state index is -1.18. The number of fused-ring (bicyclic) bond motifs is 4. The molecule has 4 atom stereocenters. The molecule has 4 aliphatic rings. The summed E-state index contributed by atoms with van der Waals surface area (Å²) >= 11 is 0. The number of alkyl halides is 1. The molecule has 0 radical (unpaired) electrons. The molecule has 0 spiro atoms. The number of hydrogen-bond donors (Lipinski definition) is 2. The van der Waals surface area contributed by atoms with Crippen LogP contribution in [0.5, 0.6) is 0 Å². The van der Waals surface area contributed by atoms with E-state index in [1.54, 1.807) is 0 Å². The molecular weight excluding hydrogens is 435 g/mol. The molecule has 0 amide bonds. The normalized spacial score (nSPS) is 30.6. The molecule has 0 saturated heterocycles. The molecule has 0 aromatic carbocycles. The van der Waals surface area contributed by atoms with Crippen LogP contribution in [0, 0.1) is 35.3 Å². The van der Waals surface area contributed by atoms with Gasteiger partial charge in [-0.1, -0.05) is 0 Å². The number of rotatable bonds is 5. The Morgan fingerprint density at radius 2 is 1.88 bits per heavy atom. The zero-order valence-electron chi connectivity index (χ0n) is 17.6. The van der Waals surface area contributed by atoms with Gasteiger partial charge in [0, 0.05) is 5.92 Å². The van der Waals surface area contributed by atoms with Gasteiger partial charge in [-0.25, -0.2) is 28.1 Å². The molecular formula is C23H22F3N5O2. The second-order valence-electron chi connectivity index (χ2n) is 9.58. The van der Waals surface area contributed by atoms with Crippen LogP contribution in [0.1, 0.15) is 49.4 Å². The summed E-state index contributed by atoms with van der Waals surface area (Å²) in [7, 11) is 0. The lowest BCUT2D eigenvalue weighted by Crippen LogP contribution is -2.45. The minimum Gasteiger partial charge on any atom is -0.481 e. The highest BCUT2D eigenvalue weighted by Gasteiger charge is 2.48. The van der Waals surface area contributed by atoms with Crippen LogP contribution in [-0.4, -0.2) is 42.4 Å². The van der Waals surface area contributed by atoms with Crippen LogP contribution in [0.3, 0.4) is 0 Å². The number of nitrogens with one attached hydrogen (secondary N) is 1. The third kappa shape index (κ3) is 3.38. The highest BCUT2D eigenvalue weighted by Crippen LogP contribution is 2.51. The number of hydrogen-bond acceptors (Lipinski definition) is 5. The van der Waals surface area contributed by atoms with Crippen molar-refractivity contribution < 1.29 is 23.1 Å². The molecule has 2 N–H and O–H groups in total. The summed E-state index contributed by atoms with van der Waals surface area (Å²) in [6.45, 7) is 0. The highest BCUT2D eigenvalue weighted by molar-refractivity contribution is 5.88. The van der Waals surface area contributed by atoms with Crippen LogP contribution in [0.2, 0.25) is 0 Å². The maximum Gasteiger partial charge on any atom is 0.307 e. The SMILES string of the molecule is O=C(O)[C@H]1C2CCC(CC2)[C@@H]1Cc1nc(-c2[nH]nc3ncc(F)cc23)nc(C2CC2F)c1F. The number of H-pyrrole nitrogens is 1. The van der Waals surface area contributed by atoms with E-state index in [0.29, 0.717) is 5.39 Å². The molecule has 3 aromatic heterocycles. The van der Waals surface area contributed by atoms with Gasteiger partial charge in [0.2, 0.25) is 0 Å². The maximum atomic E-state index is 15.5. The van der Waals surface area contributed by atoms with Gasteiger partial charge in [0.25, 0.3) is 0 Å². The highest BCUT2D eigenvalue weighted by atomic mass is 19.1. The van der Waals surface area contributed by atoms with E-state index < -0.39 is 35.6 Å². The van der Waals surface area contributed by atoms with Gasteiger partial charge in [0.1, 0.15) is 17.7 Å². The summed E-state index contributed by atoms with van der Waals surface area (Å²) in [5.74, 6) is -3.15. The predicted molar refractivity (Wildman–Crippen MR) is 111 cm³/mol. The molecule has 172 valence electrons. The molecule has 33 heavy (non-hydrogen) atoms. The first-order valence-electron chi connectivity index (χ1n) is 11.3. The Morgan fingerprint density at radius 3 is 2.58 bits per heavy atom. The topological polar surface area (TPSA) is 105 Å². The number of aliphatic carboxylic acids is 1. The summed E-state index contributed by atoms with van der Waals surface area (Å²) in [5.41, 5.74) is 0.607. The average molecular weight is 457 g/mol. The molecule has 3 aromatic rings. The van der Waals surface area contributed by atoms with Crippen molar-refractivity contribution in [2.45, 2.75) is 50.6 Å². The van der Waals surface area contributed by atoms with Gasteiger partial charge in [0.15, 0.2) is 17.3 Å². The van der Waals surface area contributed by atoms with Gasteiger partial charge in [-0.3, -0.25) is 9.89 Å². The summed E-state index contributed by atoms with van der Waals surface area (Å²) < 4.78 is 43.3. The second kappa shape index (κ2) is 7.50. The van der Waals surface area contributed by atoms with Crippen molar-refractivity contribution in [2.75, 3.05) is 0 Å². The smallest absolute Gasteiger partial charge is 0.307 e. The van der Waals surface area contributed by atoms with Crippen molar-refractivity contribution >= 4 is 17.0 Å². The molecule has 0 aliphatic heterocycles. The van der Waals surface area contributed by atoms with Gasteiger partial charge in [-0.15, -0.1) is 0 Å². The van der Waals surface area contributed by atoms with Crippen LogP contribution in [0.15, 0.2) is 12.3 Å². The van der Waals surface area contributed by atoms with Crippen molar-refractivity contribution in [3.8, 4) is 11.5 Å². The third-order valence-electron chi connectivity index (χ3n) is 7.71. The molecule has 4 saturated carbocycles. The number of halogens is 3. The number of carbonyl (C=O) groups is 1. The van der Waals surface area contributed by atoms with E-state index in [0.717, 1.165) is 31.9 Å². The number of aromatic amines is 1. The first-order valence-corrected chi connectivity index (χ1v) is 11.3. The fraction of sp³-hybridized carbons (Fsp3) is 0.522. The number of carboxylic acid groups (broad SMARTS) is 1. The van der Waals surface area contributed by atoms with E-state index in [9.17, 15) is 18.7 Å². The maximum absolute atomic E-state index is 15.5. The zero-order valence-corrected chi connectivity index (χ0v) is 17.6. The summed E-state index contributed by atoms with van der Waals surface area (Å²) in [6, 6.07) is 1.24. The van der Waals surface area contributed by atoms with Gasteiger partial charge in [0.05, 0.1) is 28.9 Å². The summed E-state index contributed by atoms with van der Waals surface area (Å²) in [4.78, 5) is 24.7. The molecule has 2 unspecified atom stereocenters. The number of pyridine rings is 1. The summed E-state index contributed by atoms with van der Waals surface area (Å²) in [5, 5.41) is 17.0. The van der Waals surface area contributed by atoms with Crippen molar-refractivity contribution in [1.29, 1.82) is 0 Å². The van der Waals surface area contributed by atoms with Crippen molar-refractivity contribution in [3.05, 3.63) is 35.3 Å². The Kier molecular flexibility index (Phi) is 4.67. The van der Waals surface area contributed by atoms with Crippen LogP contribution < -0.4 is 0 Å². The van der Waals surface area contributed by atoms with E-state index in [1.165, 1.54) is 6.07 Å². The molecule has 3 heterocycles. The number of carboxylic acids is 1. The average Bonchev–Trinajstić information content (AvgIpc) is 3.38. The summed E-state index contributed by atoms with van der Waals surface area (Å²) in [6.07, 6.45) is 3.81. The first kappa shape index (κ1) is 20.6. The van der Waals surface area contributed by atoms with Crippen molar-refractivity contribution in [1.82, 2.24) is 25.1 Å². The minimum absolute atomic E-state index is 0.0116. The Labute approximate surface area is 186 Å². The lowest BCUT2D eigenvalue weighted by Gasteiger charge is -2.46. The monoisotopic (exact) mass is 457 g/mol. The number of aromatic nitrogens is 5. The lowest BCUT2D eigenvalue weighted by molar-refractivity contribution is -0.152. The Bertz CT molecular complexity index is 1260. The van der Waals surface area contributed by atoms with Crippen LogP contribution in [0.25, 0.3) is 22.6 Å². The van der Waals surface area contributed by atoms with Gasteiger partial charge in [-0.2, -0.15) is 5.10 Å². The van der Waals surface area contributed by atoms with Gasteiger partial charge < -0.3 is 5.11 Å². The van der Waals surface area contributed by atoms with E-state index in [1.807, 2.05) is 0 Å². The van der Waals surface area contributed by atoms with Crippen LogP contribution >= 0.6 is 0 Å². The van der Waals surface area contributed by atoms with Crippen molar-refractivity contribution in [2.24, 2.45) is 23.7 Å². The van der Waals surface area contributed by atoms with Gasteiger partial charge in [-0.05, 0) is 62.3 Å². The first-order chi connectivity index (χ1) is 15.9. The van der Waals surface area contributed by atoms with Crippen LogP contribution in [0.4, 0.5) is 13.2 Å². The van der Waals surface area contributed by atoms with E-state index in [2.05, 4.69) is 25.1 Å². The molecule has 10 heteroatoms. The van der Waals surface area contributed by atoms with E-state index in [4.69, 9.17) is 0 Å². The Balaban J connectivity index is 1.45. The molecule has 4 fully saturated rings. The van der Waals surface area contributed by atoms with Crippen molar-refractivity contribution in [3.63, 3.8) is 0 Å². The fourth-order valence-electron chi connectivity index (χ4n) is 5.97. The van der Waals surface area contributed by atoms with E-state index >= 15 is 4.39 Å². The Morgan fingerprint density at radius 1 is 1.15 bits per heavy atom. The standard InChI is InChI=1S/C23H22F3N5O2/c24-11-5-14-20(30-31-21(14)27-8-11)22-28-16(18(26)19(29-22)13-6-15(13)25)7-12-9-1-3-10(4-2-9)17(12)23(32)33/h5,8-10,12-13,15,17H,1-4,6-7H2,(H,32,33)(H,27,30,31)/t9?,10?,12-,13?,15?,17-/m0/s1. The zero-order chi connectivity index (χ0) is 22.9. The lowest BCUT2D eigenvalue weighted by atomic mass is 9.57. The fourth-order valence-corrected chi connectivity index (χ4v) is 5.97. The third-order valence-corrected chi connectivity index (χ3v) is 7.71. The van der Waals surface area contributed by atoms with E-state index in [-0.39, 0.29) is 59.1 Å². The largest absolute Gasteiger partial charge is 0.481 e. The molecule has 2 bridgehead atoms. The molecule has 7 nitrogen and oxygen atoms in total. The predicted octanol–water partition coefficient (Wildman–Crippen LogP) is 4.20. The quantitative estimate of drug-likeness (QED) is 0.595. The van der Waals surface area contributed by atoms with Crippen LogP contribution in [-0.2, 0) is 11.2 Å². The number of nitrogens with zero attached hydrogens (tertiary/aromatic N) is 4. The second-order valence-corrected chi connectivity index (χ2v) is 9.58. The van der Waals surface area contributed by atoms with Gasteiger partial charge >= 0.3 is 5.97 Å². The molecule has 4 aliphatic carbocycles. The Hall–Kier alpha value is -3.04. The molecule has 7 rings (SSSR count).